The Balaban J connectivity index is 1.37. The Morgan fingerprint density at radius 1 is 1.12 bits per heavy atom. The first kappa shape index (κ1) is 21.7. The number of aromatic nitrogens is 2. The molecule has 0 radical (unpaired) electrons. The molecule has 1 saturated heterocycles. The Bertz CT molecular complexity index is 1070. The number of likely N-dealkylation sites (tertiary alicyclic amines) is 1. The second-order valence-corrected chi connectivity index (χ2v) is 8.07. The lowest BCUT2D eigenvalue weighted by Gasteiger charge is -2.36. The zero-order valence-corrected chi connectivity index (χ0v) is 18.0. The number of nitrogens with one attached hydrogen (secondary N) is 1. The van der Waals surface area contributed by atoms with E-state index in [1.54, 1.807) is 40.8 Å². The van der Waals surface area contributed by atoms with Crippen LogP contribution in [0.3, 0.4) is 0 Å². The zero-order chi connectivity index (χ0) is 22.5. The van der Waals surface area contributed by atoms with Crippen molar-refractivity contribution in [2.45, 2.75) is 25.4 Å². The van der Waals surface area contributed by atoms with E-state index in [1.165, 1.54) is 16.5 Å². The Morgan fingerprint density at radius 2 is 1.88 bits per heavy atom. The van der Waals surface area contributed by atoms with Crippen LogP contribution in [0.1, 0.15) is 28.8 Å². The van der Waals surface area contributed by atoms with Crippen LogP contribution < -0.4 is 5.48 Å². The van der Waals surface area contributed by atoms with Crippen molar-refractivity contribution in [3.8, 4) is 11.3 Å². The van der Waals surface area contributed by atoms with Gasteiger partial charge in [-0.3, -0.25) is 19.5 Å². The van der Waals surface area contributed by atoms with Crippen LogP contribution in [0.2, 0.25) is 0 Å². The van der Waals surface area contributed by atoms with Crippen LogP contribution in [0, 0.1) is 0 Å². The van der Waals surface area contributed by atoms with Gasteiger partial charge in [-0.1, -0.05) is 42.5 Å². The molecule has 2 amide bonds. The molecule has 32 heavy (non-hydrogen) atoms. The molecule has 0 spiro atoms. The standard InChI is InChI=1S/C24H27N5O3/c1-27(21-10-12-28(13-11-21)15-18-6-3-2-4-7-18)24(31)29-16-22(25-17-29)19-8-5-9-20(14-19)23(30)26-32/h2-9,14,16-17,21,32H,10-13,15H2,1H3,(H,26,30). The number of hydrogen-bond acceptors (Lipinski definition) is 5. The first-order valence-corrected chi connectivity index (χ1v) is 10.7. The van der Waals surface area contributed by atoms with Gasteiger partial charge in [0, 0.05) is 50.0 Å². The number of rotatable bonds is 5. The molecule has 0 atom stereocenters. The van der Waals surface area contributed by atoms with Crippen molar-refractivity contribution in [1.82, 2.24) is 24.8 Å². The molecule has 4 rings (SSSR count). The van der Waals surface area contributed by atoms with E-state index in [1.807, 2.05) is 13.1 Å². The van der Waals surface area contributed by atoms with Gasteiger partial charge in [0.05, 0.1) is 5.69 Å². The molecule has 2 N–H and O–H groups in total. The lowest BCUT2D eigenvalue weighted by molar-refractivity contribution is 0.0706. The average molecular weight is 434 g/mol. The summed E-state index contributed by atoms with van der Waals surface area (Å²) in [5.41, 5.74) is 4.51. The summed E-state index contributed by atoms with van der Waals surface area (Å²) in [7, 11) is 1.84. The molecule has 0 bridgehead atoms. The molecule has 8 heteroatoms. The van der Waals surface area contributed by atoms with Gasteiger partial charge in [-0.15, -0.1) is 0 Å². The highest BCUT2D eigenvalue weighted by Gasteiger charge is 2.26. The van der Waals surface area contributed by atoms with Crippen molar-refractivity contribution >= 4 is 11.9 Å². The number of imidazole rings is 1. The summed E-state index contributed by atoms with van der Waals surface area (Å²) in [5, 5.41) is 8.83. The first-order chi connectivity index (χ1) is 15.5. The quantitative estimate of drug-likeness (QED) is 0.476. The van der Waals surface area contributed by atoms with Crippen molar-refractivity contribution in [3.05, 3.63) is 78.2 Å². The van der Waals surface area contributed by atoms with E-state index >= 15 is 0 Å². The number of amides is 2. The molecule has 1 aliphatic rings. The fourth-order valence-corrected chi connectivity index (χ4v) is 4.11. The molecule has 8 nitrogen and oxygen atoms in total. The number of carbonyl (C=O) groups excluding carboxylic acids is 2. The predicted molar refractivity (Wildman–Crippen MR) is 120 cm³/mol. The molecule has 166 valence electrons. The molecular weight excluding hydrogens is 406 g/mol. The van der Waals surface area contributed by atoms with Crippen molar-refractivity contribution in [1.29, 1.82) is 0 Å². The van der Waals surface area contributed by atoms with Crippen molar-refractivity contribution < 1.29 is 14.8 Å². The summed E-state index contributed by atoms with van der Waals surface area (Å²) < 4.78 is 1.48. The highest BCUT2D eigenvalue weighted by atomic mass is 16.5. The lowest BCUT2D eigenvalue weighted by Crippen LogP contribution is -2.46. The molecule has 0 saturated carbocycles. The number of hydrogen-bond donors (Lipinski definition) is 2. The third-order valence-electron chi connectivity index (χ3n) is 5.98. The fraction of sp³-hybridized carbons (Fsp3) is 0.292. The van der Waals surface area contributed by atoms with E-state index in [-0.39, 0.29) is 12.1 Å². The average Bonchev–Trinajstić information content (AvgIpc) is 3.34. The minimum Gasteiger partial charge on any atom is -0.324 e. The normalized spacial score (nSPS) is 14.8. The highest BCUT2D eigenvalue weighted by Crippen LogP contribution is 2.21. The SMILES string of the molecule is CN(C(=O)n1cnc(-c2cccc(C(=O)NO)c2)c1)C1CCN(Cc2ccccc2)CC1. The number of hydroxylamine groups is 1. The third-order valence-corrected chi connectivity index (χ3v) is 5.98. The van der Waals surface area contributed by atoms with Crippen LogP contribution in [-0.4, -0.2) is 62.7 Å². The number of piperidine rings is 1. The second-order valence-electron chi connectivity index (χ2n) is 8.07. The number of nitrogens with zero attached hydrogens (tertiary/aromatic N) is 4. The van der Waals surface area contributed by atoms with Gasteiger partial charge in [-0.05, 0) is 30.5 Å². The maximum Gasteiger partial charge on any atom is 0.329 e. The Kier molecular flexibility index (Phi) is 6.63. The van der Waals surface area contributed by atoms with Gasteiger partial charge in [-0.2, -0.15) is 0 Å². The molecular formula is C24H27N5O3. The molecule has 1 aromatic heterocycles. The van der Waals surface area contributed by atoms with E-state index in [0.29, 0.717) is 16.8 Å². The third kappa shape index (κ3) is 4.87. The number of benzene rings is 2. The minimum atomic E-state index is -0.597. The summed E-state index contributed by atoms with van der Waals surface area (Å²) in [4.78, 5) is 33.2. The van der Waals surface area contributed by atoms with Crippen molar-refractivity contribution in [2.24, 2.45) is 0 Å². The van der Waals surface area contributed by atoms with Crippen molar-refractivity contribution in [3.63, 3.8) is 0 Å². The van der Waals surface area contributed by atoms with Crippen LogP contribution >= 0.6 is 0 Å². The van der Waals surface area contributed by atoms with Gasteiger partial charge in [0.2, 0.25) is 0 Å². The van der Waals surface area contributed by atoms with Gasteiger partial charge in [-0.25, -0.2) is 15.3 Å². The minimum absolute atomic E-state index is 0.130. The van der Waals surface area contributed by atoms with Crippen LogP contribution in [0.4, 0.5) is 4.79 Å². The van der Waals surface area contributed by atoms with Crippen LogP contribution in [0.25, 0.3) is 11.3 Å². The lowest BCUT2D eigenvalue weighted by atomic mass is 10.0. The Morgan fingerprint density at radius 3 is 2.59 bits per heavy atom. The van der Waals surface area contributed by atoms with Crippen molar-refractivity contribution in [2.75, 3.05) is 20.1 Å². The van der Waals surface area contributed by atoms with Gasteiger partial charge in [0.15, 0.2) is 0 Å². The number of carbonyl (C=O) groups is 2. The fourth-order valence-electron chi connectivity index (χ4n) is 4.11. The van der Waals surface area contributed by atoms with E-state index in [9.17, 15) is 9.59 Å². The maximum absolute atomic E-state index is 13.0. The predicted octanol–water partition coefficient (Wildman–Crippen LogP) is 3.23. The zero-order valence-electron chi connectivity index (χ0n) is 18.0. The first-order valence-electron chi connectivity index (χ1n) is 10.7. The van der Waals surface area contributed by atoms with E-state index in [2.05, 4.69) is 34.1 Å². The van der Waals surface area contributed by atoms with Crippen LogP contribution in [0.5, 0.6) is 0 Å². The molecule has 0 unspecified atom stereocenters. The molecule has 2 aromatic carbocycles. The summed E-state index contributed by atoms with van der Waals surface area (Å²) in [5.74, 6) is -0.597. The summed E-state index contributed by atoms with van der Waals surface area (Å²) in [6.07, 6.45) is 5.01. The summed E-state index contributed by atoms with van der Waals surface area (Å²) in [6, 6.07) is 17.2. The smallest absolute Gasteiger partial charge is 0.324 e. The molecule has 1 aliphatic heterocycles. The van der Waals surface area contributed by atoms with Gasteiger partial charge < -0.3 is 4.90 Å². The van der Waals surface area contributed by atoms with Crippen LogP contribution in [0.15, 0.2) is 67.1 Å². The topological polar surface area (TPSA) is 90.7 Å². The Hall–Kier alpha value is -3.49. The molecule has 3 aromatic rings. The Labute approximate surface area is 187 Å². The molecule has 0 aliphatic carbocycles. The molecule has 1 fully saturated rings. The highest BCUT2D eigenvalue weighted by molar-refractivity contribution is 5.94. The van der Waals surface area contributed by atoms with E-state index in [4.69, 9.17) is 5.21 Å². The van der Waals surface area contributed by atoms with Crippen LogP contribution in [-0.2, 0) is 6.54 Å². The molecule has 2 heterocycles. The monoisotopic (exact) mass is 433 g/mol. The van der Waals surface area contributed by atoms with E-state index < -0.39 is 5.91 Å². The van der Waals surface area contributed by atoms with E-state index in [0.717, 1.165) is 32.5 Å². The van der Waals surface area contributed by atoms with Gasteiger partial charge in [0.1, 0.15) is 6.33 Å². The maximum atomic E-state index is 13.0. The second kappa shape index (κ2) is 9.76. The summed E-state index contributed by atoms with van der Waals surface area (Å²) >= 11 is 0. The van der Waals surface area contributed by atoms with Gasteiger partial charge in [0.25, 0.3) is 5.91 Å². The summed E-state index contributed by atoms with van der Waals surface area (Å²) in [6.45, 7) is 2.83. The largest absolute Gasteiger partial charge is 0.329 e. The van der Waals surface area contributed by atoms with Gasteiger partial charge >= 0.3 is 6.03 Å².